The summed E-state index contributed by atoms with van der Waals surface area (Å²) in [7, 11) is -7.64. The third kappa shape index (κ3) is 3.79. The van der Waals surface area contributed by atoms with Crippen molar-refractivity contribution in [2.75, 3.05) is 6.26 Å². The highest BCUT2D eigenvalue weighted by Crippen LogP contribution is 2.25. The van der Waals surface area contributed by atoms with Crippen molar-refractivity contribution < 1.29 is 21.0 Å². The molecule has 0 atom stereocenters. The molecule has 0 aliphatic carbocycles. The van der Waals surface area contributed by atoms with Crippen LogP contribution >= 0.6 is 11.6 Å². The van der Waals surface area contributed by atoms with Crippen molar-refractivity contribution >= 4 is 31.6 Å². The van der Waals surface area contributed by atoms with Gasteiger partial charge in [-0.1, -0.05) is 17.7 Å². The molecule has 0 spiro atoms. The Kier molecular flexibility index (Phi) is 4.51. The van der Waals surface area contributed by atoms with E-state index in [2.05, 4.69) is 0 Å². The molecule has 2 rings (SSSR count). The summed E-state index contributed by atoms with van der Waals surface area (Å²) in [4.78, 5) is -0.326. The van der Waals surface area contributed by atoms with Crippen molar-refractivity contribution in [2.45, 2.75) is 16.7 Å². The Balaban J connectivity index is 2.40. The molecule has 0 saturated heterocycles. The Hall–Kier alpha value is -1.57. The smallest absolute Gasteiger partial charge is 0.339 e. The number of benzene rings is 2. The van der Waals surface area contributed by atoms with E-state index in [0.717, 1.165) is 12.3 Å². The Morgan fingerprint density at radius 1 is 0.955 bits per heavy atom. The van der Waals surface area contributed by atoms with Gasteiger partial charge in [-0.05, 0) is 48.9 Å². The van der Waals surface area contributed by atoms with Crippen molar-refractivity contribution in [3.05, 3.63) is 53.1 Å². The molecule has 0 fully saturated rings. The fraction of sp³-hybridized carbons (Fsp3) is 0.143. The van der Waals surface area contributed by atoms with Gasteiger partial charge in [0.1, 0.15) is 10.6 Å². The summed E-state index contributed by atoms with van der Waals surface area (Å²) in [6, 6.07) is 9.43. The number of halogens is 1. The first-order chi connectivity index (χ1) is 10.1. The van der Waals surface area contributed by atoms with Crippen molar-refractivity contribution in [2.24, 2.45) is 0 Å². The van der Waals surface area contributed by atoms with Gasteiger partial charge in [-0.15, -0.1) is 0 Å². The quantitative estimate of drug-likeness (QED) is 0.783. The Morgan fingerprint density at radius 3 is 2.18 bits per heavy atom. The molecule has 0 aliphatic heterocycles. The van der Waals surface area contributed by atoms with Gasteiger partial charge in [-0.2, -0.15) is 8.42 Å². The van der Waals surface area contributed by atoms with E-state index < -0.39 is 20.0 Å². The predicted octanol–water partition coefficient (Wildman–Crippen LogP) is 2.82. The molecule has 0 N–H and O–H groups in total. The summed E-state index contributed by atoms with van der Waals surface area (Å²) in [5.41, 5.74) is 0.666. The van der Waals surface area contributed by atoms with Crippen LogP contribution in [0.4, 0.5) is 0 Å². The monoisotopic (exact) mass is 360 g/mol. The van der Waals surface area contributed by atoms with Gasteiger partial charge in [0.05, 0.1) is 4.90 Å². The van der Waals surface area contributed by atoms with E-state index in [1.165, 1.54) is 36.4 Å². The Bertz CT molecular complexity index is 918. The van der Waals surface area contributed by atoms with Crippen LogP contribution in [-0.2, 0) is 20.0 Å². The number of sulfone groups is 1. The maximum atomic E-state index is 12.2. The van der Waals surface area contributed by atoms with Crippen molar-refractivity contribution in [1.82, 2.24) is 0 Å². The molecule has 0 aromatic heterocycles. The zero-order chi connectivity index (χ0) is 16.5. The second-order valence-electron chi connectivity index (χ2n) is 4.70. The van der Waals surface area contributed by atoms with Crippen molar-refractivity contribution in [1.29, 1.82) is 0 Å². The minimum atomic E-state index is -4.13. The standard InChI is InChI=1S/C14H13ClO5S2/c1-10-8-11(6-7-14(10)15)20-22(18,19)13-5-3-4-12(9-13)21(2,16)17/h3-9H,1-2H3. The summed E-state index contributed by atoms with van der Waals surface area (Å²) in [5, 5.41) is 0.490. The Morgan fingerprint density at radius 2 is 1.59 bits per heavy atom. The molecule has 0 radical (unpaired) electrons. The molecule has 0 amide bonds. The number of rotatable bonds is 4. The van der Waals surface area contributed by atoms with E-state index >= 15 is 0 Å². The van der Waals surface area contributed by atoms with Gasteiger partial charge in [0, 0.05) is 11.3 Å². The van der Waals surface area contributed by atoms with Gasteiger partial charge < -0.3 is 4.18 Å². The maximum Gasteiger partial charge on any atom is 0.339 e. The van der Waals surface area contributed by atoms with Crippen LogP contribution in [0, 0.1) is 6.92 Å². The summed E-state index contributed by atoms with van der Waals surface area (Å²) < 4.78 is 52.5. The predicted molar refractivity (Wildman–Crippen MR) is 83.6 cm³/mol. The molecule has 8 heteroatoms. The van der Waals surface area contributed by atoms with Crippen LogP contribution in [0.2, 0.25) is 5.02 Å². The zero-order valence-corrected chi connectivity index (χ0v) is 14.2. The normalized spacial score (nSPS) is 12.1. The molecule has 0 saturated carbocycles. The van der Waals surface area contributed by atoms with Gasteiger partial charge in [-0.3, -0.25) is 0 Å². The van der Waals surface area contributed by atoms with E-state index in [1.54, 1.807) is 6.92 Å². The SMILES string of the molecule is Cc1cc(OS(=O)(=O)c2cccc(S(C)(=O)=O)c2)ccc1Cl. The molecule has 0 bridgehead atoms. The largest absolute Gasteiger partial charge is 0.379 e. The molecule has 0 aliphatic rings. The molecule has 5 nitrogen and oxygen atoms in total. The molecule has 0 unspecified atom stereocenters. The van der Waals surface area contributed by atoms with Crippen molar-refractivity contribution in [3.63, 3.8) is 0 Å². The average molecular weight is 361 g/mol. The van der Waals surface area contributed by atoms with Crippen LogP contribution in [0.15, 0.2) is 52.3 Å². The highest BCUT2D eigenvalue weighted by atomic mass is 35.5. The highest BCUT2D eigenvalue weighted by Gasteiger charge is 2.19. The molecular weight excluding hydrogens is 348 g/mol. The van der Waals surface area contributed by atoms with Crippen LogP contribution in [0.25, 0.3) is 0 Å². The lowest BCUT2D eigenvalue weighted by Gasteiger charge is -2.09. The third-order valence-electron chi connectivity index (χ3n) is 2.86. The van der Waals surface area contributed by atoms with Crippen LogP contribution in [0.5, 0.6) is 5.75 Å². The first kappa shape index (κ1) is 16.8. The fourth-order valence-electron chi connectivity index (χ4n) is 1.70. The summed E-state index contributed by atoms with van der Waals surface area (Å²) in [5.74, 6) is 0.103. The number of aryl methyl sites for hydroxylation is 1. The highest BCUT2D eigenvalue weighted by molar-refractivity contribution is 7.90. The van der Waals surface area contributed by atoms with E-state index in [-0.39, 0.29) is 15.5 Å². The van der Waals surface area contributed by atoms with Crippen LogP contribution in [0.3, 0.4) is 0 Å². The average Bonchev–Trinajstić information content (AvgIpc) is 2.42. The second-order valence-corrected chi connectivity index (χ2v) is 8.66. The molecular formula is C14H13ClO5S2. The summed E-state index contributed by atoms with van der Waals surface area (Å²) >= 11 is 5.87. The molecule has 2 aromatic rings. The minimum Gasteiger partial charge on any atom is -0.379 e. The zero-order valence-electron chi connectivity index (χ0n) is 11.8. The second kappa shape index (κ2) is 5.91. The number of hydrogen-bond acceptors (Lipinski definition) is 5. The minimum absolute atomic E-state index is 0.0931. The lowest BCUT2D eigenvalue weighted by Crippen LogP contribution is -2.11. The lowest BCUT2D eigenvalue weighted by molar-refractivity contribution is 0.485. The fourth-order valence-corrected chi connectivity index (χ4v) is 3.53. The Labute approximate surface area is 134 Å². The first-order valence-electron chi connectivity index (χ1n) is 6.10. The summed E-state index contributed by atoms with van der Waals surface area (Å²) in [6.07, 6.45) is 1.00. The van der Waals surface area contributed by atoms with Gasteiger partial charge in [0.25, 0.3) is 0 Å². The molecule has 118 valence electrons. The van der Waals surface area contributed by atoms with E-state index in [0.29, 0.717) is 10.6 Å². The summed E-state index contributed by atoms with van der Waals surface area (Å²) in [6.45, 7) is 1.71. The lowest BCUT2D eigenvalue weighted by atomic mass is 10.2. The van der Waals surface area contributed by atoms with Crippen molar-refractivity contribution in [3.8, 4) is 5.75 Å². The maximum absolute atomic E-state index is 12.2. The van der Waals surface area contributed by atoms with E-state index in [9.17, 15) is 16.8 Å². The van der Waals surface area contributed by atoms with Crippen LogP contribution < -0.4 is 4.18 Å². The van der Waals surface area contributed by atoms with E-state index in [4.69, 9.17) is 15.8 Å². The van der Waals surface area contributed by atoms with Crippen LogP contribution in [-0.4, -0.2) is 23.1 Å². The van der Waals surface area contributed by atoms with E-state index in [1.807, 2.05) is 0 Å². The third-order valence-corrected chi connectivity index (χ3v) is 5.64. The molecule has 2 aromatic carbocycles. The van der Waals surface area contributed by atoms with Gasteiger partial charge in [0.2, 0.25) is 0 Å². The topological polar surface area (TPSA) is 77.5 Å². The van der Waals surface area contributed by atoms with Gasteiger partial charge >= 0.3 is 10.1 Å². The number of hydrogen-bond donors (Lipinski definition) is 0. The van der Waals surface area contributed by atoms with Gasteiger partial charge in [0.15, 0.2) is 9.84 Å². The van der Waals surface area contributed by atoms with Gasteiger partial charge in [-0.25, -0.2) is 8.42 Å². The molecule has 0 heterocycles. The first-order valence-corrected chi connectivity index (χ1v) is 9.78. The van der Waals surface area contributed by atoms with Crippen LogP contribution in [0.1, 0.15) is 5.56 Å². The molecule has 22 heavy (non-hydrogen) atoms.